The molecule has 0 atom stereocenters. The van der Waals surface area contributed by atoms with Gasteiger partial charge in [-0.25, -0.2) is 15.0 Å². The van der Waals surface area contributed by atoms with Crippen molar-refractivity contribution in [2.45, 2.75) is 13.3 Å². The lowest BCUT2D eigenvalue weighted by atomic mass is 10.1. The van der Waals surface area contributed by atoms with E-state index in [9.17, 15) is 8.42 Å². The molecular formula is C20H21Br2N5O4S. The highest BCUT2D eigenvalue weighted by Gasteiger charge is 2.19. The molecule has 0 aliphatic rings. The van der Waals surface area contributed by atoms with Crippen LogP contribution in [0.25, 0.3) is 11.1 Å². The molecule has 0 bridgehead atoms. The summed E-state index contributed by atoms with van der Waals surface area (Å²) < 4.78 is 42.8. The van der Waals surface area contributed by atoms with E-state index in [2.05, 4.69) is 56.3 Å². The standard InChI is InChI=1S/C20H21Br2N5O4S/c1-2-9-26-32(28,29)27-19-18(14-3-5-15(21)6-4-14)20(25-13-24-19)31-11-10-30-17-8-7-16(22)12-23-17/h3-8,12-13,26H,2,9-11H2,1H3,(H,24,25,27). The summed E-state index contributed by atoms with van der Waals surface area (Å²) in [6.07, 6.45) is 3.54. The SMILES string of the molecule is CCCNS(=O)(=O)Nc1ncnc(OCCOc2ccc(Br)cn2)c1-c1ccc(Br)cc1. The van der Waals surface area contributed by atoms with Gasteiger partial charge in [0.1, 0.15) is 19.5 Å². The molecule has 32 heavy (non-hydrogen) atoms. The summed E-state index contributed by atoms with van der Waals surface area (Å²) in [5, 5.41) is 0. The largest absolute Gasteiger partial charge is 0.474 e. The van der Waals surface area contributed by atoms with E-state index < -0.39 is 10.2 Å². The third kappa shape index (κ3) is 7.12. The number of halogens is 2. The molecule has 2 N–H and O–H groups in total. The predicted octanol–water partition coefficient (Wildman–Crippen LogP) is 4.18. The van der Waals surface area contributed by atoms with E-state index in [1.807, 2.05) is 37.3 Å². The van der Waals surface area contributed by atoms with E-state index in [1.54, 1.807) is 12.3 Å². The molecule has 3 aromatic rings. The number of aromatic nitrogens is 3. The molecule has 0 spiro atoms. The summed E-state index contributed by atoms with van der Waals surface area (Å²) in [5.41, 5.74) is 1.11. The number of nitrogens with one attached hydrogen (secondary N) is 2. The van der Waals surface area contributed by atoms with Crippen molar-refractivity contribution in [3.05, 3.63) is 57.9 Å². The molecule has 1 aromatic carbocycles. The highest BCUT2D eigenvalue weighted by molar-refractivity contribution is 9.10. The molecule has 12 heteroatoms. The molecule has 3 rings (SSSR count). The van der Waals surface area contributed by atoms with Crippen LogP contribution in [-0.4, -0.2) is 43.1 Å². The number of anilines is 1. The Bertz CT molecular complexity index is 1130. The van der Waals surface area contributed by atoms with Crippen LogP contribution in [0.4, 0.5) is 5.82 Å². The Labute approximate surface area is 203 Å². The van der Waals surface area contributed by atoms with Gasteiger partial charge < -0.3 is 9.47 Å². The Morgan fingerprint density at radius 2 is 1.66 bits per heavy atom. The lowest BCUT2D eigenvalue weighted by Crippen LogP contribution is -2.31. The van der Waals surface area contributed by atoms with Crippen LogP contribution in [0.5, 0.6) is 11.8 Å². The van der Waals surface area contributed by atoms with Crippen LogP contribution < -0.4 is 18.9 Å². The second-order valence-electron chi connectivity index (χ2n) is 6.42. The van der Waals surface area contributed by atoms with Gasteiger partial charge in [0.15, 0.2) is 5.82 Å². The van der Waals surface area contributed by atoms with Crippen molar-refractivity contribution in [1.29, 1.82) is 0 Å². The zero-order valence-electron chi connectivity index (χ0n) is 17.1. The van der Waals surface area contributed by atoms with Crippen molar-refractivity contribution >= 4 is 47.9 Å². The fourth-order valence-electron chi connectivity index (χ4n) is 2.56. The fraction of sp³-hybridized carbons (Fsp3) is 0.250. The van der Waals surface area contributed by atoms with Gasteiger partial charge in [-0.1, -0.05) is 35.0 Å². The van der Waals surface area contributed by atoms with E-state index >= 15 is 0 Å². The number of hydrogen-bond acceptors (Lipinski definition) is 7. The van der Waals surface area contributed by atoms with Gasteiger partial charge in [-0.2, -0.15) is 13.1 Å². The van der Waals surface area contributed by atoms with Crippen molar-refractivity contribution in [3.63, 3.8) is 0 Å². The molecule has 0 amide bonds. The summed E-state index contributed by atoms with van der Waals surface area (Å²) >= 11 is 6.72. The minimum absolute atomic E-state index is 0.108. The molecule has 0 fully saturated rings. The van der Waals surface area contributed by atoms with Crippen molar-refractivity contribution in [3.8, 4) is 22.9 Å². The number of benzene rings is 1. The van der Waals surface area contributed by atoms with Crippen LogP contribution in [0, 0.1) is 0 Å². The first-order valence-electron chi connectivity index (χ1n) is 9.63. The average Bonchev–Trinajstić information content (AvgIpc) is 2.77. The van der Waals surface area contributed by atoms with Crippen molar-refractivity contribution in [2.75, 3.05) is 24.5 Å². The topological polar surface area (TPSA) is 115 Å². The van der Waals surface area contributed by atoms with Gasteiger partial charge in [0.05, 0.1) is 5.56 Å². The van der Waals surface area contributed by atoms with E-state index in [0.29, 0.717) is 30.0 Å². The summed E-state index contributed by atoms with van der Waals surface area (Å²) in [7, 11) is -3.81. The van der Waals surface area contributed by atoms with Crippen LogP contribution in [0.15, 0.2) is 57.9 Å². The molecule has 170 valence electrons. The van der Waals surface area contributed by atoms with Gasteiger partial charge in [-0.15, -0.1) is 0 Å². The van der Waals surface area contributed by atoms with Crippen molar-refractivity contribution < 1.29 is 17.9 Å². The summed E-state index contributed by atoms with van der Waals surface area (Å²) in [4.78, 5) is 12.5. The molecule has 2 heterocycles. The minimum atomic E-state index is -3.81. The van der Waals surface area contributed by atoms with Gasteiger partial charge in [-0.05, 0) is 46.1 Å². The normalized spacial score (nSPS) is 11.2. The van der Waals surface area contributed by atoms with Crippen LogP contribution in [0.3, 0.4) is 0 Å². The van der Waals surface area contributed by atoms with Gasteiger partial charge in [0.25, 0.3) is 10.2 Å². The van der Waals surface area contributed by atoms with Crippen molar-refractivity contribution in [1.82, 2.24) is 19.7 Å². The van der Waals surface area contributed by atoms with E-state index in [4.69, 9.17) is 9.47 Å². The molecule has 0 aliphatic heterocycles. The first-order valence-corrected chi connectivity index (χ1v) is 12.7. The summed E-state index contributed by atoms with van der Waals surface area (Å²) in [6.45, 7) is 2.56. The number of nitrogens with zero attached hydrogens (tertiary/aromatic N) is 3. The summed E-state index contributed by atoms with van der Waals surface area (Å²) in [6, 6.07) is 10.9. The highest BCUT2D eigenvalue weighted by Crippen LogP contribution is 2.34. The second kappa shape index (κ2) is 11.5. The van der Waals surface area contributed by atoms with E-state index in [0.717, 1.165) is 8.95 Å². The number of pyridine rings is 1. The maximum absolute atomic E-state index is 12.4. The summed E-state index contributed by atoms with van der Waals surface area (Å²) in [5.74, 6) is 0.794. The zero-order chi connectivity index (χ0) is 23.0. The first kappa shape index (κ1) is 24.4. The number of hydrogen-bond donors (Lipinski definition) is 2. The lowest BCUT2D eigenvalue weighted by molar-refractivity contribution is 0.207. The molecule has 0 saturated carbocycles. The highest BCUT2D eigenvalue weighted by atomic mass is 79.9. The average molecular weight is 587 g/mol. The Hall–Kier alpha value is -2.28. The third-order valence-electron chi connectivity index (χ3n) is 3.99. The Morgan fingerprint density at radius 1 is 0.938 bits per heavy atom. The Morgan fingerprint density at radius 3 is 2.34 bits per heavy atom. The van der Waals surface area contributed by atoms with Gasteiger partial charge in [0.2, 0.25) is 11.8 Å². The third-order valence-corrected chi connectivity index (χ3v) is 6.03. The first-order chi connectivity index (χ1) is 15.4. The molecule has 0 saturated heterocycles. The monoisotopic (exact) mass is 585 g/mol. The van der Waals surface area contributed by atoms with Crippen molar-refractivity contribution in [2.24, 2.45) is 0 Å². The van der Waals surface area contributed by atoms with E-state index in [-0.39, 0.29) is 24.9 Å². The van der Waals surface area contributed by atoms with Gasteiger partial charge in [0, 0.05) is 27.8 Å². The molecule has 0 radical (unpaired) electrons. The fourth-order valence-corrected chi connectivity index (χ4v) is 4.02. The quantitative estimate of drug-likeness (QED) is 0.324. The van der Waals surface area contributed by atoms with Crippen LogP contribution in [-0.2, 0) is 10.2 Å². The molecule has 0 aliphatic carbocycles. The van der Waals surface area contributed by atoms with Crippen LogP contribution in [0.1, 0.15) is 13.3 Å². The molecule has 0 unspecified atom stereocenters. The maximum atomic E-state index is 12.4. The maximum Gasteiger partial charge on any atom is 0.300 e. The molecular weight excluding hydrogens is 566 g/mol. The molecule has 2 aromatic heterocycles. The van der Waals surface area contributed by atoms with Gasteiger partial charge in [-0.3, -0.25) is 4.72 Å². The minimum Gasteiger partial charge on any atom is -0.474 e. The smallest absolute Gasteiger partial charge is 0.300 e. The Kier molecular flexibility index (Phi) is 8.79. The number of rotatable bonds is 11. The zero-order valence-corrected chi connectivity index (χ0v) is 21.1. The molecule has 9 nitrogen and oxygen atoms in total. The van der Waals surface area contributed by atoms with Crippen LogP contribution in [0.2, 0.25) is 0 Å². The van der Waals surface area contributed by atoms with Gasteiger partial charge >= 0.3 is 0 Å². The number of ether oxygens (including phenoxy) is 2. The Balaban J connectivity index is 1.81. The predicted molar refractivity (Wildman–Crippen MR) is 129 cm³/mol. The second-order valence-corrected chi connectivity index (χ2v) is 9.75. The van der Waals surface area contributed by atoms with E-state index in [1.165, 1.54) is 6.33 Å². The van der Waals surface area contributed by atoms with Crippen LogP contribution >= 0.6 is 31.9 Å². The lowest BCUT2D eigenvalue weighted by Gasteiger charge is -2.16.